The van der Waals surface area contributed by atoms with Crippen LogP contribution in [0.15, 0.2) is 72.9 Å². The molecule has 6 aliphatic heterocycles. The number of hydrogen-bond acceptors (Lipinski definition) is 14. The Kier molecular flexibility index (Phi) is 16.5. The summed E-state index contributed by atoms with van der Waals surface area (Å²) in [5.41, 5.74) is 1.07. The SMILES string of the molecule is CC[C@H]1NC(=O)[C@H](C(C)O)N(C(=O)c2ncccc2O)C(=O)[C@H](c2ccccc2)NC(=O)[C@@H]2CC(=O)C(CSC3CN4CCC3CC4)CN2C(=O)[C@H](Cc2ccc(N(C)C)cc2)N(C)C(=O)[C@@H]2CCCN2C1=O. The number of pyridine rings is 1. The Balaban J connectivity index is 1.26. The van der Waals surface area contributed by atoms with E-state index in [1.54, 1.807) is 36.9 Å². The summed E-state index contributed by atoms with van der Waals surface area (Å²) in [4.78, 5) is 133. The standard InChI is InChI=1S/C53H67N9O10S/c1-6-37-49(68)60-23-11-14-38(60)50(69)58(5)40(26-32-16-18-36(19-17-32)57(3)4)51(70)61-28-35(30-73-43-29-59-24-20-33(43)21-25-59)42(65)27-39(61)47(66)56-44(34-12-8-7-9-13-34)52(71)62(46(31(2)63)48(67)55-37)53(72)45-41(64)15-10-22-54-45/h7-10,12-13,15-19,22,31,33,35,37-40,43-44,46,63-64H,6,11,14,20-21,23-30H2,1-5H3,(H,55,67)(H,56,66)/t31?,35?,37-,38+,39+,40+,43?,44+,46+/m1/s1. The molecule has 3 unspecified atom stereocenters. The van der Waals surface area contributed by atoms with Crippen LogP contribution in [0.1, 0.15) is 80.0 Å². The fourth-order valence-corrected chi connectivity index (χ4v) is 12.6. The highest BCUT2D eigenvalue weighted by Crippen LogP contribution is 2.37. The predicted octanol–water partition coefficient (Wildman–Crippen LogP) is 2.01. The van der Waals surface area contributed by atoms with E-state index in [9.17, 15) is 29.4 Å². The number of nitrogens with zero attached hydrogens (tertiary/aromatic N) is 7. The van der Waals surface area contributed by atoms with Crippen LogP contribution in [-0.2, 0) is 40.0 Å². The summed E-state index contributed by atoms with van der Waals surface area (Å²) in [6.45, 7) is 5.74. The number of thioether (sulfide) groups is 1. The Morgan fingerprint density at radius 2 is 1.53 bits per heavy atom. The predicted molar refractivity (Wildman–Crippen MR) is 272 cm³/mol. The largest absolute Gasteiger partial charge is 0.505 e. The summed E-state index contributed by atoms with van der Waals surface area (Å²) in [7, 11) is 5.30. The molecule has 73 heavy (non-hydrogen) atoms. The van der Waals surface area contributed by atoms with Crippen LogP contribution in [0.4, 0.5) is 5.69 Å². The number of amides is 7. The number of likely N-dealkylation sites (N-methyl/N-ethyl adjacent to an activating group) is 1. The molecule has 0 aliphatic carbocycles. The Bertz CT molecular complexity index is 2560. The van der Waals surface area contributed by atoms with E-state index >= 15 is 19.2 Å². The molecule has 0 radical (unpaired) electrons. The first kappa shape index (κ1) is 52.9. The molecule has 20 heteroatoms. The van der Waals surface area contributed by atoms with Crippen molar-refractivity contribution < 1.29 is 48.6 Å². The van der Waals surface area contributed by atoms with Crippen molar-refractivity contribution in [2.45, 2.75) is 106 Å². The van der Waals surface area contributed by atoms with Crippen molar-refractivity contribution in [1.82, 2.24) is 40.1 Å². The molecule has 4 N–H and O–H groups in total. The lowest BCUT2D eigenvalue weighted by Crippen LogP contribution is -2.65. The molecule has 6 fully saturated rings. The number of nitrogens with one attached hydrogen (secondary N) is 2. The molecule has 19 nitrogen and oxygen atoms in total. The second kappa shape index (κ2) is 22.8. The van der Waals surface area contributed by atoms with E-state index in [0.29, 0.717) is 33.8 Å². The number of aromatic hydroxyl groups is 1. The number of benzene rings is 2. The van der Waals surface area contributed by atoms with Gasteiger partial charge in [-0.3, -0.25) is 43.3 Å². The van der Waals surface area contributed by atoms with Crippen molar-refractivity contribution in [2.24, 2.45) is 11.8 Å². The fraction of sp³-hybridized carbons (Fsp3) is 0.528. The van der Waals surface area contributed by atoms with Gasteiger partial charge < -0.3 is 45.3 Å². The number of aliphatic hydroxyl groups excluding tert-OH is 1. The quantitative estimate of drug-likeness (QED) is 0.213. The lowest BCUT2D eigenvalue weighted by molar-refractivity contribution is -0.156. The number of ketones is 1. The third kappa shape index (κ3) is 11.3. The van der Waals surface area contributed by atoms with Crippen molar-refractivity contribution in [3.63, 3.8) is 0 Å². The fourth-order valence-electron chi connectivity index (χ4n) is 11.0. The van der Waals surface area contributed by atoms with Crippen LogP contribution in [0, 0.1) is 11.8 Å². The minimum absolute atomic E-state index is 0.00415. The first-order chi connectivity index (χ1) is 35.0. The van der Waals surface area contributed by atoms with E-state index in [4.69, 9.17) is 0 Å². The van der Waals surface area contributed by atoms with Gasteiger partial charge >= 0.3 is 0 Å². The number of rotatable bonds is 10. The van der Waals surface area contributed by atoms with Gasteiger partial charge in [-0.2, -0.15) is 11.8 Å². The highest BCUT2D eigenvalue weighted by atomic mass is 32.2. The number of Topliss-reactive ketones (excluding diaryl/α,β-unsaturated/α-hetero) is 1. The molecule has 9 atom stereocenters. The molecule has 390 valence electrons. The van der Waals surface area contributed by atoms with Gasteiger partial charge in [0.2, 0.25) is 29.5 Å². The third-order valence-electron chi connectivity index (χ3n) is 15.3. The van der Waals surface area contributed by atoms with Crippen molar-refractivity contribution in [3.05, 3.63) is 89.7 Å². The highest BCUT2D eigenvalue weighted by molar-refractivity contribution is 8.00. The molecule has 9 rings (SSSR count). The van der Waals surface area contributed by atoms with E-state index in [1.165, 1.54) is 53.1 Å². The second-order valence-electron chi connectivity index (χ2n) is 20.2. The van der Waals surface area contributed by atoms with Crippen molar-refractivity contribution in [3.8, 4) is 5.75 Å². The maximum Gasteiger partial charge on any atom is 0.283 e. The topological polar surface area (TPSA) is 233 Å². The first-order valence-electron chi connectivity index (χ1n) is 25.3. The van der Waals surface area contributed by atoms with Crippen LogP contribution in [0.5, 0.6) is 5.75 Å². The Morgan fingerprint density at radius 1 is 0.822 bits per heavy atom. The van der Waals surface area contributed by atoms with E-state index in [-0.39, 0.29) is 43.7 Å². The summed E-state index contributed by atoms with van der Waals surface area (Å²) in [6.07, 6.45) is 1.73. The molecular weight excluding hydrogens is 955 g/mol. The zero-order valence-electron chi connectivity index (χ0n) is 42.1. The van der Waals surface area contributed by atoms with E-state index in [1.807, 2.05) is 43.3 Å². The molecule has 3 aromatic rings. The number of hydrogen-bond donors (Lipinski definition) is 4. The number of aliphatic hydroxyl groups is 1. The van der Waals surface area contributed by atoms with Crippen LogP contribution < -0.4 is 15.5 Å². The molecule has 2 bridgehead atoms. The zero-order valence-corrected chi connectivity index (χ0v) is 42.9. The molecule has 7 amide bonds. The summed E-state index contributed by atoms with van der Waals surface area (Å²) in [6, 6.07) is 8.79. The molecule has 0 saturated carbocycles. The van der Waals surface area contributed by atoms with Gasteiger partial charge in [0.25, 0.3) is 11.8 Å². The van der Waals surface area contributed by atoms with E-state index in [0.717, 1.165) is 44.2 Å². The molecule has 7 heterocycles. The Morgan fingerprint density at radius 3 is 2.16 bits per heavy atom. The van der Waals surface area contributed by atoms with Gasteiger partial charge in [-0.25, -0.2) is 4.98 Å². The minimum atomic E-state index is -2.08. The van der Waals surface area contributed by atoms with Crippen molar-refractivity contribution in [1.29, 1.82) is 0 Å². The number of anilines is 1. The summed E-state index contributed by atoms with van der Waals surface area (Å²) >= 11 is 1.71. The molecule has 1 aromatic heterocycles. The number of piperidine rings is 4. The molecule has 6 aliphatic rings. The lowest BCUT2D eigenvalue weighted by Gasteiger charge is -2.45. The third-order valence-corrected chi connectivity index (χ3v) is 16.8. The average molecular weight is 1020 g/mol. The number of imide groups is 1. The monoisotopic (exact) mass is 1020 g/mol. The maximum absolute atomic E-state index is 15.8. The van der Waals surface area contributed by atoms with Gasteiger partial charge in [-0.05, 0) is 93.4 Å². The van der Waals surface area contributed by atoms with Gasteiger partial charge in [-0.15, -0.1) is 0 Å². The number of carbonyl (C=O) groups is 8. The van der Waals surface area contributed by atoms with Crippen LogP contribution in [0.25, 0.3) is 0 Å². The zero-order chi connectivity index (χ0) is 52.2. The summed E-state index contributed by atoms with van der Waals surface area (Å²) in [5, 5.41) is 28.1. The van der Waals surface area contributed by atoms with Gasteiger partial charge in [0, 0.05) is 82.4 Å². The minimum Gasteiger partial charge on any atom is -0.505 e. The number of fused-ring (bicyclic) bond motifs is 5. The van der Waals surface area contributed by atoms with Gasteiger partial charge in [0.1, 0.15) is 47.8 Å². The van der Waals surface area contributed by atoms with E-state index in [2.05, 4.69) is 20.5 Å². The van der Waals surface area contributed by atoms with Gasteiger partial charge in [-0.1, -0.05) is 49.4 Å². The van der Waals surface area contributed by atoms with Crippen LogP contribution in [0.2, 0.25) is 0 Å². The summed E-state index contributed by atoms with van der Waals surface area (Å²) in [5.74, 6) is -7.09. The molecule has 2 aromatic carbocycles. The Hall–Kier alpha value is -6.38. The highest BCUT2D eigenvalue weighted by Gasteiger charge is 2.50. The smallest absolute Gasteiger partial charge is 0.283 e. The average Bonchev–Trinajstić information content (AvgIpc) is 3.89. The van der Waals surface area contributed by atoms with Crippen LogP contribution >= 0.6 is 11.8 Å². The lowest BCUT2D eigenvalue weighted by atomic mass is 9.88. The van der Waals surface area contributed by atoms with E-state index < -0.39 is 107 Å². The molecular formula is C53H67N9O10S. The van der Waals surface area contributed by atoms with Crippen LogP contribution in [0.3, 0.4) is 0 Å². The number of carbonyl (C=O) groups excluding carboxylic acids is 8. The normalized spacial score (nSPS) is 29.0. The summed E-state index contributed by atoms with van der Waals surface area (Å²) < 4.78 is 0. The van der Waals surface area contributed by atoms with Crippen molar-refractivity contribution in [2.75, 3.05) is 64.5 Å². The van der Waals surface area contributed by atoms with Gasteiger partial charge in [0.05, 0.1) is 6.10 Å². The van der Waals surface area contributed by atoms with Gasteiger partial charge in [0.15, 0.2) is 5.69 Å². The van der Waals surface area contributed by atoms with Crippen molar-refractivity contribution >= 4 is 64.6 Å². The van der Waals surface area contributed by atoms with Crippen LogP contribution in [-0.4, -0.2) is 188 Å². The molecule has 0 spiro atoms. The maximum atomic E-state index is 15.8. The Labute approximate surface area is 430 Å². The second-order valence-corrected chi connectivity index (χ2v) is 21.5. The molecule has 6 saturated heterocycles. The number of aromatic nitrogens is 1. The first-order valence-corrected chi connectivity index (χ1v) is 26.4.